The summed E-state index contributed by atoms with van der Waals surface area (Å²) in [5, 5.41) is 3.09. The predicted octanol–water partition coefficient (Wildman–Crippen LogP) is 1.86. The maximum absolute atomic E-state index is 13.3. The number of anilines is 2. The van der Waals surface area contributed by atoms with Crippen molar-refractivity contribution < 1.29 is 9.18 Å². The summed E-state index contributed by atoms with van der Waals surface area (Å²) in [6, 6.07) is 4.03. The van der Waals surface area contributed by atoms with Gasteiger partial charge in [-0.3, -0.25) is 4.79 Å². The molecule has 94 valence electrons. The quantitative estimate of drug-likeness (QED) is 0.582. The van der Waals surface area contributed by atoms with Crippen molar-refractivity contribution >= 4 is 29.0 Å². The largest absolute Gasteiger partial charge is 0.399 e. The van der Waals surface area contributed by atoms with Gasteiger partial charge in [0.05, 0.1) is 11.4 Å². The molecule has 1 amide bonds. The molecule has 1 aromatic carbocycles. The number of hydrogen-bond acceptors (Lipinski definition) is 4. The smallest absolute Gasteiger partial charge is 0.234 e. The molecule has 2 rings (SSSR count). The van der Waals surface area contributed by atoms with Gasteiger partial charge in [-0.2, -0.15) is 0 Å². The van der Waals surface area contributed by atoms with E-state index in [1.54, 1.807) is 12.4 Å². The number of halogens is 1. The van der Waals surface area contributed by atoms with Gasteiger partial charge >= 0.3 is 0 Å². The van der Waals surface area contributed by atoms with Crippen LogP contribution in [0, 0.1) is 5.82 Å². The zero-order valence-electron chi connectivity index (χ0n) is 9.31. The number of rotatable bonds is 4. The number of nitrogens with one attached hydrogen (secondary N) is 2. The second-order valence-corrected chi connectivity index (χ2v) is 4.43. The Hall–Kier alpha value is -2.02. The summed E-state index contributed by atoms with van der Waals surface area (Å²) < 4.78 is 13.3. The molecule has 1 aromatic heterocycles. The average molecular weight is 266 g/mol. The van der Waals surface area contributed by atoms with E-state index >= 15 is 0 Å². The minimum Gasteiger partial charge on any atom is -0.399 e. The third kappa shape index (κ3) is 3.24. The van der Waals surface area contributed by atoms with Crippen molar-refractivity contribution in [2.24, 2.45) is 0 Å². The van der Waals surface area contributed by atoms with Crippen LogP contribution in [0.1, 0.15) is 0 Å². The molecular weight excluding hydrogens is 255 g/mol. The second kappa shape index (κ2) is 5.54. The van der Waals surface area contributed by atoms with Crippen molar-refractivity contribution in [3.05, 3.63) is 36.4 Å². The van der Waals surface area contributed by atoms with Crippen LogP contribution in [-0.4, -0.2) is 21.6 Å². The van der Waals surface area contributed by atoms with E-state index < -0.39 is 5.82 Å². The van der Waals surface area contributed by atoms with Gasteiger partial charge in [0.15, 0.2) is 5.16 Å². The normalized spacial score (nSPS) is 10.3. The van der Waals surface area contributed by atoms with Gasteiger partial charge in [0.25, 0.3) is 0 Å². The lowest BCUT2D eigenvalue weighted by molar-refractivity contribution is -0.113. The van der Waals surface area contributed by atoms with Crippen LogP contribution in [0.25, 0.3) is 0 Å². The summed E-state index contributed by atoms with van der Waals surface area (Å²) in [7, 11) is 0. The van der Waals surface area contributed by atoms with E-state index in [1.165, 1.54) is 30.0 Å². The Morgan fingerprint density at radius 1 is 1.56 bits per heavy atom. The van der Waals surface area contributed by atoms with Crippen LogP contribution in [0.15, 0.2) is 35.7 Å². The fourth-order valence-corrected chi connectivity index (χ4v) is 1.92. The Morgan fingerprint density at radius 3 is 3.11 bits per heavy atom. The van der Waals surface area contributed by atoms with Crippen molar-refractivity contribution in [1.29, 1.82) is 0 Å². The van der Waals surface area contributed by atoms with Gasteiger partial charge < -0.3 is 16.0 Å². The number of nitrogens with two attached hydrogens (primary N) is 1. The maximum atomic E-state index is 13.3. The first-order valence-electron chi connectivity index (χ1n) is 5.12. The lowest BCUT2D eigenvalue weighted by Gasteiger charge is -2.06. The number of nitrogen functional groups attached to an aromatic ring is 1. The van der Waals surface area contributed by atoms with E-state index in [9.17, 15) is 9.18 Å². The highest BCUT2D eigenvalue weighted by Crippen LogP contribution is 2.18. The fraction of sp³-hybridized carbons (Fsp3) is 0.0909. The number of H-pyrrole nitrogens is 1. The maximum Gasteiger partial charge on any atom is 0.234 e. The first kappa shape index (κ1) is 12.4. The van der Waals surface area contributed by atoms with Gasteiger partial charge in [-0.1, -0.05) is 11.8 Å². The molecule has 0 radical (unpaired) electrons. The van der Waals surface area contributed by atoms with E-state index in [4.69, 9.17) is 5.73 Å². The van der Waals surface area contributed by atoms with Gasteiger partial charge in [-0.05, 0) is 18.2 Å². The van der Waals surface area contributed by atoms with Crippen LogP contribution in [0.3, 0.4) is 0 Å². The van der Waals surface area contributed by atoms with E-state index in [1.807, 2.05) is 0 Å². The van der Waals surface area contributed by atoms with E-state index in [0.717, 1.165) is 0 Å². The molecule has 0 bridgehead atoms. The van der Waals surface area contributed by atoms with Crippen LogP contribution < -0.4 is 11.1 Å². The Morgan fingerprint density at radius 2 is 2.39 bits per heavy atom. The number of amides is 1. The molecule has 18 heavy (non-hydrogen) atoms. The molecule has 0 atom stereocenters. The van der Waals surface area contributed by atoms with E-state index in [0.29, 0.717) is 10.8 Å². The first-order valence-corrected chi connectivity index (χ1v) is 6.11. The zero-order valence-corrected chi connectivity index (χ0v) is 10.1. The third-order valence-electron chi connectivity index (χ3n) is 2.08. The molecule has 5 nitrogen and oxygen atoms in total. The van der Waals surface area contributed by atoms with Gasteiger partial charge in [-0.15, -0.1) is 0 Å². The summed E-state index contributed by atoms with van der Waals surface area (Å²) in [5.74, 6) is -0.691. The van der Waals surface area contributed by atoms with Crippen LogP contribution in [0.4, 0.5) is 15.8 Å². The number of hydrogen-bond donors (Lipinski definition) is 3. The van der Waals surface area contributed by atoms with Crippen molar-refractivity contribution in [2.45, 2.75) is 5.16 Å². The van der Waals surface area contributed by atoms with Crippen molar-refractivity contribution in [1.82, 2.24) is 9.97 Å². The third-order valence-corrected chi connectivity index (χ3v) is 2.98. The number of carbonyl (C=O) groups is 1. The molecule has 0 aliphatic heterocycles. The Labute approximate surface area is 107 Å². The number of benzene rings is 1. The minimum absolute atomic E-state index is 0.0834. The lowest BCUT2D eigenvalue weighted by Crippen LogP contribution is -2.15. The van der Waals surface area contributed by atoms with Crippen LogP contribution in [-0.2, 0) is 4.79 Å². The summed E-state index contributed by atoms with van der Waals surface area (Å²) in [6.07, 6.45) is 3.26. The zero-order chi connectivity index (χ0) is 13.0. The molecule has 1 heterocycles. The van der Waals surface area contributed by atoms with Crippen molar-refractivity contribution in [2.75, 3.05) is 16.8 Å². The van der Waals surface area contributed by atoms with Gasteiger partial charge in [0.1, 0.15) is 5.82 Å². The van der Waals surface area contributed by atoms with E-state index in [-0.39, 0.29) is 17.3 Å². The molecule has 0 saturated heterocycles. The summed E-state index contributed by atoms with van der Waals surface area (Å²) in [6.45, 7) is 0. The van der Waals surface area contributed by atoms with Crippen LogP contribution in [0.2, 0.25) is 0 Å². The van der Waals surface area contributed by atoms with Crippen LogP contribution in [0.5, 0.6) is 0 Å². The van der Waals surface area contributed by atoms with Crippen molar-refractivity contribution in [3.63, 3.8) is 0 Å². The number of carbonyl (C=O) groups excluding carboxylic acids is 1. The Bertz CT molecular complexity index is 544. The number of imidazole rings is 1. The molecule has 0 unspecified atom stereocenters. The lowest BCUT2D eigenvalue weighted by atomic mass is 10.2. The average Bonchev–Trinajstić information content (AvgIpc) is 2.84. The molecule has 0 spiro atoms. The van der Waals surface area contributed by atoms with Gasteiger partial charge in [0.2, 0.25) is 5.91 Å². The topological polar surface area (TPSA) is 83.8 Å². The highest BCUT2D eigenvalue weighted by Gasteiger charge is 2.08. The van der Waals surface area contributed by atoms with Gasteiger partial charge in [-0.25, -0.2) is 9.37 Å². The summed E-state index contributed by atoms with van der Waals surface area (Å²) in [4.78, 5) is 18.4. The SMILES string of the molecule is Nc1ccc(F)c(NC(=O)CSc2ncc[nH]2)c1. The van der Waals surface area contributed by atoms with Crippen molar-refractivity contribution in [3.8, 4) is 0 Å². The summed E-state index contributed by atoms with van der Waals surface area (Å²) in [5.41, 5.74) is 5.99. The second-order valence-electron chi connectivity index (χ2n) is 3.47. The van der Waals surface area contributed by atoms with Gasteiger partial charge in [0, 0.05) is 18.1 Å². The molecule has 4 N–H and O–H groups in total. The number of aromatic amines is 1. The molecule has 7 heteroatoms. The number of nitrogens with zero attached hydrogens (tertiary/aromatic N) is 1. The highest BCUT2D eigenvalue weighted by molar-refractivity contribution is 7.99. The minimum atomic E-state index is -0.513. The fourth-order valence-electron chi connectivity index (χ4n) is 1.29. The Balaban J connectivity index is 1.92. The molecule has 2 aromatic rings. The number of aromatic nitrogens is 2. The molecule has 0 saturated carbocycles. The highest BCUT2D eigenvalue weighted by atomic mass is 32.2. The number of thioether (sulfide) groups is 1. The van der Waals surface area contributed by atoms with E-state index in [2.05, 4.69) is 15.3 Å². The monoisotopic (exact) mass is 266 g/mol. The molecule has 0 fully saturated rings. The Kier molecular flexibility index (Phi) is 3.83. The summed E-state index contributed by atoms with van der Waals surface area (Å²) >= 11 is 1.23. The van der Waals surface area contributed by atoms with Crippen LogP contribution >= 0.6 is 11.8 Å². The standard InChI is InChI=1S/C11H11FN4OS/c12-8-2-1-7(13)5-9(8)16-10(17)6-18-11-14-3-4-15-11/h1-5H,6,13H2,(H,14,15)(H,16,17). The molecule has 0 aliphatic carbocycles. The molecule has 0 aliphatic rings. The molecular formula is C11H11FN4OS. The first-order chi connectivity index (χ1) is 8.65. The predicted molar refractivity (Wildman–Crippen MR) is 68.8 cm³/mol.